The van der Waals surface area contributed by atoms with Crippen LogP contribution in [0.5, 0.6) is 0 Å². The maximum absolute atomic E-state index is 11.4. The lowest BCUT2D eigenvalue weighted by molar-refractivity contribution is -0.00629. The Morgan fingerprint density at radius 2 is 2.09 bits per heavy atom. The molecule has 3 aromatic heterocycles. The highest BCUT2D eigenvalue weighted by Gasteiger charge is 2.27. The van der Waals surface area contributed by atoms with Crippen LogP contribution in [0, 0.1) is 0 Å². The number of nitrogen functional groups attached to an aromatic ring is 2. The van der Waals surface area contributed by atoms with Gasteiger partial charge in [-0.05, 0) is 6.07 Å². The molecule has 15 nitrogen and oxygen atoms in total. The molecule has 17 heteroatoms. The van der Waals surface area contributed by atoms with Gasteiger partial charge in [0.2, 0.25) is 0 Å². The number of hydrogen-bond acceptors (Lipinski definition) is 12. The third-order valence-corrected chi connectivity index (χ3v) is 5.84. The minimum Gasteiger partial charge on any atom is -0.393 e. The largest absolute Gasteiger partial charge is 0.393 e. The second kappa shape index (κ2) is 11.0. The van der Waals surface area contributed by atoms with Crippen LogP contribution in [0.3, 0.4) is 0 Å². The van der Waals surface area contributed by atoms with Gasteiger partial charge in [0.15, 0.2) is 11.5 Å². The molecule has 4 heterocycles. The first-order valence-corrected chi connectivity index (χ1v) is 12.3. The number of hydrogen-bond donors (Lipinski definition) is 5. The lowest BCUT2D eigenvalue weighted by Crippen LogP contribution is -2.28. The van der Waals surface area contributed by atoms with Crippen molar-refractivity contribution in [2.75, 3.05) is 36.8 Å². The average Bonchev–Trinajstić information content (AvgIpc) is 3.39. The molecule has 0 bridgehead atoms. The normalized spacial score (nSPS) is 18.3. The summed E-state index contributed by atoms with van der Waals surface area (Å²) in [4.78, 5) is 44.2. The third-order valence-electron chi connectivity index (χ3n) is 4.21. The van der Waals surface area contributed by atoms with E-state index in [4.69, 9.17) is 35.8 Å². The number of rotatable bonds is 7. The van der Waals surface area contributed by atoms with Gasteiger partial charge in [-0.1, -0.05) is 0 Å². The van der Waals surface area contributed by atoms with Crippen molar-refractivity contribution in [1.29, 1.82) is 0 Å². The molecule has 1 aliphatic heterocycles. The molecular weight excluding hydrogens is 479 g/mol. The molecule has 4 rings (SSSR count). The first-order chi connectivity index (χ1) is 15.7. The zero-order chi connectivity index (χ0) is 24.0. The van der Waals surface area contributed by atoms with Crippen molar-refractivity contribution in [3.63, 3.8) is 0 Å². The fourth-order valence-electron chi connectivity index (χ4n) is 2.74. The minimum atomic E-state index is -4.12. The molecular formula is C16H23N8O7PS. The summed E-state index contributed by atoms with van der Waals surface area (Å²) in [6, 6.07) is 1.54. The van der Waals surface area contributed by atoms with E-state index in [1.54, 1.807) is 16.8 Å². The van der Waals surface area contributed by atoms with Gasteiger partial charge in [-0.3, -0.25) is 9.13 Å². The quantitative estimate of drug-likeness (QED) is 0.192. The fourth-order valence-corrected chi connectivity index (χ4v) is 4.04. The molecule has 0 unspecified atom stereocenters. The van der Waals surface area contributed by atoms with Crippen molar-refractivity contribution in [2.45, 2.75) is 18.2 Å². The van der Waals surface area contributed by atoms with Gasteiger partial charge < -0.3 is 40.4 Å². The number of anilines is 2. The summed E-state index contributed by atoms with van der Waals surface area (Å²) in [6.07, 6.45) is 3.43. The summed E-state index contributed by atoms with van der Waals surface area (Å²) >= 11 is 1.47. The Kier molecular flexibility index (Phi) is 8.36. The summed E-state index contributed by atoms with van der Waals surface area (Å²) in [7, 11) is -4.12. The lowest BCUT2D eigenvalue weighted by Gasteiger charge is -2.13. The van der Waals surface area contributed by atoms with Crippen molar-refractivity contribution in [3.8, 4) is 0 Å². The molecule has 0 spiro atoms. The van der Waals surface area contributed by atoms with Crippen LogP contribution in [0.15, 0.2) is 29.7 Å². The number of fused-ring (bicyclic) bond motifs is 1. The van der Waals surface area contributed by atoms with Crippen LogP contribution < -0.4 is 17.2 Å². The number of ether oxygens (including phenoxy) is 2. The molecule has 1 saturated heterocycles. The lowest BCUT2D eigenvalue weighted by atomic mass is 10.5. The van der Waals surface area contributed by atoms with Gasteiger partial charge in [-0.2, -0.15) is 4.98 Å². The first-order valence-electron chi connectivity index (χ1n) is 9.44. The van der Waals surface area contributed by atoms with Crippen LogP contribution in [0.4, 0.5) is 11.6 Å². The molecule has 0 amide bonds. The number of nitrogens with two attached hydrogens (primary N) is 2. The Balaban J connectivity index is 0.000000189. The van der Waals surface area contributed by atoms with Crippen molar-refractivity contribution < 1.29 is 28.9 Å². The number of nitrogens with zero attached hydrogens (tertiary/aromatic N) is 6. The van der Waals surface area contributed by atoms with Crippen molar-refractivity contribution in [3.05, 3.63) is 35.4 Å². The first kappa shape index (κ1) is 25.0. The fraction of sp³-hybridized carbons (Fsp3) is 0.438. The van der Waals surface area contributed by atoms with Gasteiger partial charge >= 0.3 is 13.3 Å². The standard InChI is InChI=1S/C8H12N5O4P.C8H11N3O3S/c9-7-6-8(11-3-10-7)13(4-12-6)1-2-17-5-18(14,15)16;9-5-1-2-11(8(13)10-5)6-4-15-7(3-12)14-6/h3-4H,1-2,5H2,(H2,9,10,11)(H2,14,15,16);1-2,6-7,12H,3-4H2,(H2,9,10,13)/t;6-,7+/m.1/s1. The molecule has 2 atom stereocenters. The Hall–Kier alpha value is -2.59. The second-order valence-corrected chi connectivity index (χ2v) is 9.43. The Morgan fingerprint density at radius 3 is 2.76 bits per heavy atom. The Bertz CT molecular complexity index is 1190. The summed E-state index contributed by atoms with van der Waals surface area (Å²) in [6.45, 7) is 0.450. The zero-order valence-electron chi connectivity index (χ0n) is 17.2. The van der Waals surface area contributed by atoms with Gasteiger partial charge in [0, 0.05) is 18.5 Å². The predicted octanol–water partition coefficient (Wildman–Crippen LogP) is -1.03. The number of aliphatic hydroxyl groups excluding tert-OH is 1. The van der Waals surface area contributed by atoms with E-state index in [9.17, 15) is 9.36 Å². The van der Waals surface area contributed by atoms with E-state index in [-0.39, 0.29) is 36.5 Å². The van der Waals surface area contributed by atoms with Crippen LogP contribution in [-0.2, 0) is 20.6 Å². The zero-order valence-corrected chi connectivity index (χ0v) is 18.9. The SMILES string of the molecule is Nc1ccn([C@H]2CS[C@@H](CO)O2)c(=O)n1.Nc1ncnc2c1ncn2CCOCP(=O)(O)O. The number of imidazole rings is 1. The molecule has 0 radical (unpaired) electrons. The maximum atomic E-state index is 11.4. The minimum absolute atomic E-state index is 0.0572. The molecule has 0 aromatic carbocycles. The Morgan fingerprint density at radius 1 is 1.30 bits per heavy atom. The number of aromatic nitrogens is 6. The summed E-state index contributed by atoms with van der Waals surface area (Å²) in [5, 5.41) is 8.88. The monoisotopic (exact) mass is 502 g/mol. The predicted molar refractivity (Wildman–Crippen MR) is 119 cm³/mol. The van der Waals surface area contributed by atoms with Crippen LogP contribution in [0.25, 0.3) is 11.2 Å². The average molecular weight is 502 g/mol. The molecule has 1 aliphatic rings. The summed E-state index contributed by atoms with van der Waals surface area (Å²) in [5.41, 5.74) is 11.3. The third kappa shape index (κ3) is 6.94. The van der Waals surface area contributed by atoms with Gasteiger partial charge in [-0.15, -0.1) is 11.8 Å². The van der Waals surface area contributed by atoms with Crippen LogP contribution >= 0.6 is 19.4 Å². The summed E-state index contributed by atoms with van der Waals surface area (Å²) in [5.74, 6) is 1.10. The van der Waals surface area contributed by atoms with E-state index in [0.29, 0.717) is 23.5 Å². The molecule has 7 N–H and O–H groups in total. The van der Waals surface area contributed by atoms with Gasteiger partial charge in [0.25, 0.3) is 0 Å². The number of aliphatic hydroxyl groups is 1. The smallest absolute Gasteiger partial charge is 0.351 e. The van der Waals surface area contributed by atoms with Crippen molar-refractivity contribution in [2.24, 2.45) is 0 Å². The highest BCUT2D eigenvalue weighted by atomic mass is 32.2. The van der Waals surface area contributed by atoms with E-state index < -0.39 is 19.6 Å². The van der Waals surface area contributed by atoms with Crippen LogP contribution in [-0.4, -0.2) is 74.7 Å². The van der Waals surface area contributed by atoms with Crippen molar-refractivity contribution in [1.82, 2.24) is 29.1 Å². The van der Waals surface area contributed by atoms with Crippen LogP contribution in [0.1, 0.15) is 6.23 Å². The summed E-state index contributed by atoms with van der Waals surface area (Å²) < 4.78 is 23.9. The molecule has 3 aromatic rings. The van der Waals surface area contributed by atoms with Gasteiger partial charge in [0.05, 0.1) is 19.5 Å². The van der Waals surface area contributed by atoms with Crippen LogP contribution in [0.2, 0.25) is 0 Å². The maximum Gasteiger partial charge on any atom is 0.351 e. The highest BCUT2D eigenvalue weighted by molar-refractivity contribution is 8.00. The van der Waals surface area contributed by atoms with E-state index in [1.807, 2.05) is 0 Å². The highest BCUT2D eigenvalue weighted by Crippen LogP contribution is 2.33. The van der Waals surface area contributed by atoms with E-state index in [2.05, 4.69) is 19.9 Å². The molecule has 0 saturated carbocycles. The number of thioether (sulfide) groups is 1. The van der Waals surface area contributed by atoms with Crippen molar-refractivity contribution >= 4 is 42.2 Å². The molecule has 180 valence electrons. The molecule has 0 aliphatic carbocycles. The topological polar surface area (TPSA) is 227 Å². The van der Waals surface area contributed by atoms with Gasteiger partial charge in [-0.25, -0.2) is 19.7 Å². The van der Waals surface area contributed by atoms with E-state index in [0.717, 1.165) is 0 Å². The Labute approximate surface area is 190 Å². The van der Waals surface area contributed by atoms with E-state index in [1.165, 1.54) is 29.0 Å². The molecule has 33 heavy (non-hydrogen) atoms. The van der Waals surface area contributed by atoms with Gasteiger partial charge in [0.1, 0.15) is 35.7 Å². The second-order valence-electron chi connectivity index (χ2n) is 6.65. The molecule has 1 fully saturated rings. The van der Waals surface area contributed by atoms with E-state index >= 15 is 0 Å².